The summed E-state index contributed by atoms with van der Waals surface area (Å²) < 4.78 is 26.6. The second-order valence-electron chi connectivity index (χ2n) is 5.81. The predicted octanol–water partition coefficient (Wildman–Crippen LogP) is 0.327. The van der Waals surface area contributed by atoms with E-state index in [0.717, 1.165) is 0 Å². The molecule has 0 spiro atoms. The summed E-state index contributed by atoms with van der Waals surface area (Å²) in [6.45, 7) is 0.996. The number of hydrogen-bond acceptors (Lipinski definition) is 5. The van der Waals surface area contributed by atoms with E-state index in [1.807, 2.05) is 0 Å². The van der Waals surface area contributed by atoms with Crippen LogP contribution < -0.4 is 5.73 Å². The number of aromatic nitrogens is 1. The van der Waals surface area contributed by atoms with Crippen molar-refractivity contribution in [1.29, 1.82) is 0 Å². The number of carbonyl (C=O) groups is 2. The van der Waals surface area contributed by atoms with Crippen LogP contribution in [0.3, 0.4) is 0 Å². The zero-order valence-electron chi connectivity index (χ0n) is 13.9. The molecule has 2 heterocycles. The molecule has 2 N–H and O–H groups in total. The second kappa shape index (κ2) is 7.22. The summed E-state index contributed by atoms with van der Waals surface area (Å²) in [5.41, 5.74) is 5.54. The highest BCUT2D eigenvalue weighted by molar-refractivity contribution is 7.89. The molecule has 0 unspecified atom stereocenters. The van der Waals surface area contributed by atoms with Crippen molar-refractivity contribution in [2.24, 2.45) is 5.73 Å². The molecule has 8 nitrogen and oxygen atoms in total. The van der Waals surface area contributed by atoms with E-state index in [-0.39, 0.29) is 42.7 Å². The van der Waals surface area contributed by atoms with Crippen LogP contribution in [-0.2, 0) is 10.0 Å². The lowest BCUT2D eigenvalue weighted by molar-refractivity contribution is 0.0697. The van der Waals surface area contributed by atoms with E-state index < -0.39 is 15.9 Å². The summed E-state index contributed by atoms with van der Waals surface area (Å²) in [6, 6.07) is 11.1. The Morgan fingerprint density at radius 1 is 0.962 bits per heavy atom. The topological polar surface area (TPSA) is 114 Å². The van der Waals surface area contributed by atoms with Crippen LogP contribution in [0.4, 0.5) is 0 Å². The molecule has 1 fully saturated rings. The molecule has 0 radical (unpaired) electrons. The molecular formula is C17H18N4O4S. The van der Waals surface area contributed by atoms with Gasteiger partial charge in [-0.15, -0.1) is 0 Å². The van der Waals surface area contributed by atoms with Crippen LogP contribution >= 0.6 is 0 Å². The fraction of sp³-hybridized carbons (Fsp3) is 0.235. The first-order valence-corrected chi connectivity index (χ1v) is 9.44. The van der Waals surface area contributed by atoms with E-state index in [1.54, 1.807) is 35.2 Å². The average Bonchev–Trinajstić information content (AvgIpc) is 2.68. The minimum atomic E-state index is -3.56. The first-order valence-electron chi connectivity index (χ1n) is 8.00. The summed E-state index contributed by atoms with van der Waals surface area (Å²) in [5, 5.41) is 0. The average molecular weight is 374 g/mol. The van der Waals surface area contributed by atoms with Gasteiger partial charge in [-0.3, -0.25) is 14.6 Å². The summed E-state index contributed by atoms with van der Waals surface area (Å²) >= 11 is 0. The summed E-state index contributed by atoms with van der Waals surface area (Å²) in [5.74, 6) is -0.922. The SMILES string of the molecule is NC(=O)c1ccc(C(=O)N2CCN(S(=O)(=O)c3ccccc3)CC2)cn1. The Morgan fingerprint density at radius 3 is 2.15 bits per heavy atom. The smallest absolute Gasteiger partial charge is 0.267 e. The highest BCUT2D eigenvalue weighted by atomic mass is 32.2. The molecule has 1 aromatic carbocycles. The van der Waals surface area contributed by atoms with Crippen LogP contribution in [-0.4, -0.2) is 60.6 Å². The largest absolute Gasteiger partial charge is 0.364 e. The van der Waals surface area contributed by atoms with Gasteiger partial charge in [-0.2, -0.15) is 4.31 Å². The molecule has 0 bridgehead atoms. The second-order valence-corrected chi connectivity index (χ2v) is 7.74. The van der Waals surface area contributed by atoms with Crippen molar-refractivity contribution in [3.8, 4) is 0 Å². The number of rotatable bonds is 4. The highest BCUT2D eigenvalue weighted by Crippen LogP contribution is 2.18. The van der Waals surface area contributed by atoms with Gasteiger partial charge in [0.25, 0.3) is 11.8 Å². The molecule has 9 heteroatoms. The molecule has 1 saturated heterocycles. The lowest BCUT2D eigenvalue weighted by Gasteiger charge is -2.34. The van der Waals surface area contributed by atoms with Crippen molar-refractivity contribution < 1.29 is 18.0 Å². The van der Waals surface area contributed by atoms with Gasteiger partial charge in [-0.25, -0.2) is 8.42 Å². The van der Waals surface area contributed by atoms with E-state index in [4.69, 9.17) is 5.73 Å². The van der Waals surface area contributed by atoms with Gasteiger partial charge >= 0.3 is 0 Å². The Kier molecular flexibility index (Phi) is 5.01. The Balaban J connectivity index is 1.66. The van der Waals surface area contributed by atoms with Crippen LogP contribution in [0.1, 0.15) is 20.8 Å². The van der Waals surface area contributed by atoms with Gasteiger partial charge in [0.1, 0.15) is 5.69 Å². The van der Waals surface area contributed by atoms with E-state index in [1.165, 1.54) is 22.6 Å². The van der Waals surface area contributed by atoms with Gasteiger partial charge in [0, 0.05) is 32.4 Å². The molecular weight excluding hydrogens is 356 g/mol. The number of hydrogen-bond donors (Lipinski definition) is 1. The molecule has 0 saturated carbocycles. The maximum absolute atomic E-state index is 12.6. The first-order chi connectivity index (χ1) is 12.4. The maximum Gasteiger partial charge on any atom is 0.267 e. The Hall–Kier alpha value is -2.78. The number of amides is 2. The predicted molar refractivity (Wildman–Crippen MR) is 93.9 cm³/mol. The van der Waals surface area contributed by atoms with E-state index in [2.05, 4.69) is 4.98 Å². The number of nitrogens with two attached hydrogens (primary N) is 1. The third-order valence-corrected chi connectivity index (χ3v) is 6.08. The zero-order chi connectivity index (χ0) is 18.7. The molecule has 26 heavy (non-hydrogen) atoms. The standard InChI is InChI=1S/C17H18N4O4S/c18-16(22)15-7-6-13(12-19-15)17(23)20-8-10-21(11-9-20)26(24,25)14-4-2-1-3-5-14/h1-7,12H,8-11H2,(H2,18,22). The third-order valence-electron chi connectivity index (χ3n) is 4.17. The quantitative estimate of drug-likeness (QED) is 0.828. The highest BCUT2D eigenvalue weighted by Gasteiger charge is 2.30. The van der Waals surface area contributed by atoms with Gasteiger partial charge in [0.2, 0.25) is 10.0 Å². The van der Waals surface area contributed by atoms with Gasteiger partial charge < -0.3 is 10.6 Å². The van der Waals surface area contributed by atoms with Crippen molar-refractivity contribution in [2.45, 2.75) is 4.90 Å². The van der Waals surface area contributed by atoms with Crippen molar-refractivity contribution in [1.82, 2.24) is 14.2 Å². The van der Waals surface area contributed by atoms with Gasteiger partial charge in [0.05, 0.1) is 10.5 Å². The molecule has 2 aromatic rings. The van der Waals surface area contributed by atoms with Gasteiger partial charge in [-0.05, 0) is 24.3 Å². The third kappa shape index (κ3) is 3.58. The van der Waals surface area contributed by atoms with Crippen molar-refractivity contribution in [3.63, 3.8) is 0 Å². The van der Waals surface area contributed by atoms with Crippen molar-refractivity contribution in [3.05, 3.63) is 59.9 Å². The number of pyridine rings is 1. The Morgan fingerprint density at radius 2 is 1.62 bits per heavy atom. The number of piperazine rings is 1. The Labute approximate surface area is 151 Å². The van der Waals surface area contributed by atoms with Crippen LogP contribution in [0.2, 0.25) is 0 Å². The molecule has 3 rings (SSSR count). The van der Waals surface area contributed by atoms with Crippen LogP contribution in [0.25, 0.3) is 0 Å². The van der Waals surface area contributed by atoms with Crippen LogP contribution in [0.5, 0.6) is 0 Å². The van der Waals surface area contributed by atoms with Crippen molar-refractivity contribution >= 4 is 21.8 Å². The fourth-order valence-electron chi connectivity index (χ4n) is 2.72. The van der Waals surface area contributed by atoms with E-state index >= 15 is 0 Å². The normalized spacial score (nSPS) is 15.6. The number of carbonyl (C=O) groups excluding carboxylic acids is 2. The van der Waals surface area contributed by atoms with Crippen molar-refractivity contribution in [2.75, 3.05) is 26.2 Å². The van der Waals surface area contributed by atoms with E-state index in [9.17, 15) is 18.0 Å². The fourth-order valence-corrected chi connectivity index (χ4v) is 4.17. The first kappa shape index (κ1) is 18.0. The number of benzene rings is 1. The lowest BCUT2D eigenvalue weighted by Crippen LogP contribution is -2.50. The van der Waals surface area contributed by atoms with Gasteiger partial charge in [0.15, 0.2) is 0 Å². The molecule has 2 amide bonds. The molecule has 1 aliphatic rings. The zero-order valence-corrected chi connectivity index (χ0v) is 14.7. The molecule has 1 aliphatic heterocycles. The lowest BCUT2D eigenvalue weighted by atomic mass is 10.2. The summed E-state index contributed by atoms with van der Waals surface area (Å²) in [7, 11) is -3.56. The monoisotopic (exact) mass is 374 g/mol. The summed E-state index contributed by atoms with van der Waals surface area (Å²) in [4.78, 5) is 29.2. The molecule has 1 aromatic heterocycles. The van der Waals surface area contributed by atoms with Crippen LogP contribution in [0, 0.1) is 0 Å². The van der Waals surface area contributed by atoms with E-state index in [0.29, 0.717) is 5.56 Å². The number of nitrogens with zero attached hydrogens (tertiary/aromatic N) is 3. The minimum absolute atomic E-state index is 0.0836. The number of primary amides is 1. The molecule has 0 aliphatic carbocycles. The van der Waals surface area contributed by atoms with Gasteiger partial charge in [-0.1, -0.05) is 18.2 Å². The molecule has 136 valence electrons. The minimum Gasteiger partial charge on any atom is -0.364 e. The summed E-state index contributed by atoms with van der Waals surface area (Å²) in [6.07, 6.45) is 1.30. The Bertz CT molecular complexity index is 906. The maximum atomic E-state index is 12.6. The molecule has 0 atom stereocenters. The van der Waals surface area contributed by atoms with Crippen LogP contribution in [0.15, 0.2) is 53.6 Å². The number of sulfonamides is 1.